The minimum absolute atomic E-state index is 0.462. The van der Waals surface area contributed by atoms with Crippen molar-refractivity contribution < 1.29 is 9.47 Å². The molecule has 136 valence electrons. The predicted octanol–water partition coefficient (Wildman–Crippen LogP) is 3.72. The standard InChI is InChI=1S/C20H24BBrN2O2/c1-2-4-18(24)15-6-8-20(17(22)12-15)26-10-3-9-25-19-7-5-14(13-23)11-16(19)21/h5-8,11-12,24H,2-4,9-10,13,23H2,1H3. The molecule has 0 heterocycles. The lowest BCUT2D eigenvalue weighted by Crippen LogP contribution is -2.13. The van der Waals surface area contributed by atoms with Crippen LogP contribution in [0.5, 0.6) is 11.5 Å². The van der Waals surface area contributed by atoms with E-state index in [-0.39, 0.29) is 0 Å². The fourth-order valence-corrected chi connectivity index (χ4v) is 2.97. The molecule has 2 aromatic carbocycles. The van der Waals surface area contributed by atoms with E-state index < -0.39 is 0 Å². The SMILES string of the molecule is [B]c1cc(CN)ccc1OCCCOc1ccc(C(=N)CCC)cc1Br. The highest BCUT2D eigenvalue weighted by molar-refractivity contribution is 9.10. The molecular weight excluding hydrogens is 391 g/mol. The summed E-state index contributed by atoms with van der Waals surface area (Å²) in [7, 11) is 5.95. The van der Waals surface area contributed by atoms with Crippen molar-refractivity contribution in [3.8, 4) is 11.5 Å². The van der Waals surface area contributed by atoms with E-state index in [2.05, 4.69) is 22.9 Å². The van der Waals surface area contributed by atoms with E-state index in [1.165, 1.54) is 0 Å². The molecule has 26 heavy (non-hydrogen) atoms. The first kappa shape index (κ1) is 20.5. The highest BCUT2D eigenvalue weighted by Crippen LogP contribution is 2.26. The molecule has 0 aliphatic heterocycles. The summed E-state index contributed by atoms with van der Waals surface area (Å²) in [5.74, 6) is 1.44. The summed E-state index contributed by atoms with van der Waals surface area (Å²) >= 11 is 3.52. The highest BCUT2D eigenvalue weighted by atomic mass is 79.9. The van der Waals surface area contributed by atoms with Crippen LogP contribution in [0.2, 0.25) is 0 Å². The Labute approximate surface area is 165 Å². The van der Waals surface area contributed by atoms with Gasteiger partial charge in [-0.25, -0.2) is 0 Å². The summed E-state index contributed by atoms with van der Waals surface area (Å²) in [5, 5.41) is 8.02. The van der Waals surface area contributed by atoms with Crippen molar-refractivity contribution in [1.29, 1.82) is 5.41 Å². The van der Waals surface area contributed by atoms with Gasteiger partial charge in [-0.15, -0.1) is 0 Å². The summed E-state index contributed by atoms with van der Waals surface area (Å²) in [6, 6.07) is 11.3. The third-order valence-electron chi connectivity index (χ3n) is 3.89. The van der Waals surface area contributed by atoms with Gasteiger partial charge in [0.2, 0.25) is 0 Å². The minimum Gasteiger partial charge on any atom is -0.494 e. The van der Waals surface area contributed by atoms with Gasteiger partial charge in [0.05, 0.1) is 17.7 Å². The number of rotatable bonds is 10. The number of ether oxygens (including phenoxy) is 2. The van der Waals surface area contributed by atoms with Crippen molar-refractivity contribution in [2.75, 3.05) is 13.2 Å². The maximum absolute atomic E-state index is 8.02. The highest BCUT2D eigenvalue weighted by Gasteiger charge is 2.06. The van der Waals surface area contributed by atoms with Crippen LogP contribution in [-0.4, -0.2) is 26.8 Å². The first-order valence-corrected chi connectivity index (χ1v) is 9.55. The molecule has 2 radical (unpaired) electrons. The van der Waals surface area contributed by atoms with Crippen molar-refractivity contribution in [1.82, 2.24) is 0 Å². The molecule has 4 nitrogen and oxygen atoms in total. The largest absolute Gasteiger partial charge is 0.494 e. The zero-order valence-corrected chi connectivity index (χ0v) is 16.6. The zero-order chi connectivity index (χ0) is 18.9. The number of benzene rings is 2. The molecule has 0 unspecified atom stereocenters. The van der Waals surface area contributed by atoms with Gasteiger partial charge in [-0.05, 0) is 57.7 Å². The van der Waals surface area contributed by atoms with E-state index in [0.717, 1.165) is 40.6 Å². The van der Waals surface area contributed by atoms with Crippen LogP contribution in [0.1, 0.15) is 37.3 Å². The Morgan fingerprint density at radius 1 is 1.12 bits per heavy atom. The van der Waals surface area contributed by atoms with E-state index in [0.29, 0.717) is 36.7 Å². The van der Waals surface area contributed by atoms with Crippen LogP contribution in [0, 0.1) is 5.41 Å². The summed E-state index contributed by atoms with van der Waals surface area (Å²) < 4.78 is 12.3. The van der Waals surface area contributed by atoms with Gasteiger partial charge in [-0.2, -0.15) is 0 Å². The second-order valence-electron chi connectivity index (χ2n) is 6.00. The average molecular weight is 415 g/mol. The monoisotopic (exact) mass is 414 g/mol. The molecule has 0 fully saturated rings. The van der Waals surface area contributed by atoms with Crippen LogP contribution >= 0.6 is 15.9 Å². The summed E-state index contributed by atoms with van der Waals surface area (Å²) in [6.07, 6.45) is 2.48. The van der Waals surface area contributed by atoms with Gasteiger partial charge in [0, 0.05) is 18.7 Å². The summed E-state index contributed by atoms with van der Waals surface area (Å²) in [5.41, 5.74) is 8.74. The van der Waals surface area contributed by atoms with Crippen LogP contribution in [0.15, 0.2) is 40.9 Å². The third kappa shape index (κ3) is 5.89. The van der Waals surface area contributed by atoms with E-state index in [9.17, 15) is 0 Å². The number of nitrogens with one attached hydrogen (secondary N) is 1. The first-order valence-electron chi connectivity index (χ1n) is 8.76. The van der Waals surface area contributed by atoms with Gasteiger partial charge in [0.25, 0.3) is 0 Å². The van der Waals surface area contributed by atoms with E-state index in [1.807, 2.05) is 36.4 Å². The van der Waals surface area contributed by atoms with Crippen molar-refractivity contribution in [2.45, 2.75) is 32.7 Å². The molecule has 0 saturated carbocycles. The molecule has 0 spiro atoms. The molecule has 2 rings (SSSR count). The molecule has 2 aromatic rings. The Hall–Kier alpha value is -1.79. The lowest BCUT2D eigenvalue weighted by Gasteiger charge is -2.12. The average Bonchev–Trinajstić information content (AvgIpc) is 2.63. The molecule has 0 amide bonds. The predicted molar refractivity (Wildman–Crippen MR) is 111 cm³/mol. The molecule has 0 aliphatic rings. The Balaban J connectivity index is 1.78. The van der Waals surface area contributed by atoms with Crippen LogP contribution < -0.4 is 20.7 Å². The van der Waals surface area contributed by atoms with Crippen LogP contribution in [0.4, 0.5) is 0 Å². The summed E-state index contributed by atoms with van der Waals surface area (Å²) in [6.45, 7) is 3.58. The topological polar surface area (TPSA) is 68.3 Å². The first-order chi connectivity index (χ1) is 12.5. The van der Waals surface area contributed by atoms with Gasteiger partial charge in [0.15, 0.2) is 0 Å². The van der Waals surface area contributed by atoms with Crippen molar-refractivity contribution in [3.05, 3.63) is 52.0 Å². The molecule has 3 N–H and O–H groups in total. The Kier molecular flexibility index (Phi) is 8.20. The van der Waals surface area contributed by atoms with E-state index in [4.69, 9.17) is 28.5 Å². The number of hydrogen-bond donors (Lipinski definition) is 2. The zero-order valence-electron chi connectivity index (χ0n) is 15.1. The van der Waals surface area contributed by atoms with Gasteiger partial charge in [-0.1, -0.05) is 30.9 Å². The number of nitrogens with two attached hydrogens (primary N) is 1. The molecule has 0 saturated heterocycles. The third-order valence-corrected chi connectivity index (χ3v) is 4.51. The molecule has 0 aromatic heterocycles. The maximum Gasteiger partial charge on any atom is 0.133 e. The molecule has 0 atom stereocenters. The van der Waals surface area contributed by atoms with Crippen molar-refractivity contribution in [2.24, 2.45) is 5.73 Å². The summed E-state index contributed by atoms with van der Waals surface area (Å²) in [4.78, 5) is 0. The van der Waals surface area contributed by atoms with Gasteiger partial charge < -0.3 is 20.6 Å². The van der Waals surface area contributed by atoms with Crippen LogP contribution in [-0.2, 0) is 6.54 Å². The smallest absolute Gasteiger partial charge is 0.133 e. The van der Waals surface area contributed by atoms with Crippen LogP contribution in [0.25, 0.3) is 0 Å². The fourth-order valence-electron chi connectivity index (χ4n) is 2.48. The quantitative estimate of drug-likeness (QED) is 0.353. The number of hydrogen-bond acceptors (Lipinski definition) is 4. The second-order valence-corrected chi connectivity index (χ2v) is 6.85. The molecule has 0 aliphatic carbocycles. The maximum atomic E-state index is 8.02. The van der Waals surface area contributed by atoms with E-state index >= 15 is 0 Å². The van der Waals surface area contributed by atoms with Gasteiger partial charge in [0.1, 0.15) is 19.3 Å². The van der Waals surface area contributed by atoms with Gasteiger partial charge >= 0.3 is 0 Å². The van der Waals surface area contributed by atoms with Crippen molar-refractivity contribution >= 4 is 35.0 Å². The Morgan fingerprint density at radius 3 is 2.42 bits per heavy atom. The Morgan fingerprint density at radius 2 is 1.81 bits per heavy atom. The van der Waals surface area contributed by atoms with Gasteiger partial charge in [-0.3, -0.25) is 0 Å². The lowest BCUT2D eigenvalue weighted by molar-refractivity contribution is 0.247. The minimum atomic E-state index is 0.462. The number of halogens is 1. The van der Waals surface area contributed by atoms with E-state index in [1.54, 1.807) is 0 Å². The second kappa shape index (κ2) is 10.4. The van der Waals surface area contributed by atoms with Crippen LogP contribution in [0.3, 0.4) is 0 Å². The fraction of sp³-hybridized carbons (Fsp3) is 0.350. The lowest BCUT2D eigenvalue weighted by atomic mass is 9.93. The molecule has 0 bridgehead atoms. The molecular formula is C20H24BBrN2O2. The van der Waals surface area contributed by atoms with Crippen molar-refractivity contribution in [3.63, 3.8) is 0 Å². The Bertz CT molecular complexity index is 753. The molecule has 6 heteroatoms. The normalized spacial score (nSPS) is 10.6.